The van der Waals surface area contributed by atoms with Crippen LogP contribution in [0.3, 0.4) is 0 Å². The van der Waals surface area contributed by atoms with Crippen molar-refractivity contribution in [3.05, 3.63) is 41.5 Å². The van der Waals surface area contributed by atoms with Gasteiger partial charge < -0.3 is 33.9 Å². The second-order valence-electron chi connectivity index (χ2n) is 9.40. The highest BCUT2D eigenvalue weighted by Gasteiger charge is 2.54. The molecule has 2 aliphatic heterocycles. The van der Waals surface area contributed by atoms with Crippen LogP contribution < -0.4 is 29.0 Å². The van der Waals surface area contributed by atoms with E-state index >= 15 is 0 Å². The molecule has 2 aromatic carbocycles. The molecule has 1 aliphatic carbocycles. The van der Waals surface area contributed by atoms with Crippen molar-refractivity contribution in [2.45, 2.75) is 56.7 Å². The van der Waals surface area contributed by atoms with Crippen LogP contribution in [0.4, 0.5) is 0 Å². The third-order valence-electron chi connectivity index (χ3n) is 7.47. The van der Waals surface area contributed by atoms with E-state index in [-0.39, 0.29) is 31.2 Å². The minimum atomic E-state index is -0.880. The molecule has 2 amide bonds. The average Bonchev–Trinajstić information content (AvgIpc) is 3.38. The average molecular weight is 497 g/mol. The van der Waals surface area contributed by atoms with E-state index in [0.717, 1.165) is 30.4 Å². The first kappa shape index (κ1) is 24.1. The summed E-state index contributed by atoms with van der Waals surface area (Å²) in [6.45, 7) is 0.466. The molecule has 1 atom stereocenters. The number of fused-ring (bicyclic) bond motifs is 1. The van der Waals surface area contributed by atoms with Crippen LogP contribution >= 0.6 is 0 Å². The van der Waals surface area contributed by atoms with Crippen LogP contribution in [0.2, 0.25) is 0 Å². The van der Waals surface area contributed by atoms with Crippen LogP contribution in [0, 0.1) is 0 Å². The van der Waals surface area contributed by atoms with Gasteiger partial charge >= 0.3 is 0 Å². The van der Waals surface area contributed by atoms with Crippen molar-refractivity contribution in [2.75, 3.05) is 28.1 Å². The summed E-state index contributed by atoms with van der Waals surface area (Å²) in [6.07, 6.45) is 4.51. The number of hydrogen-bond donors (Lipinski definition) is 1. The van der Waals surface area contributed by atoms with Crippen molar-refractivity contribution in [1.29, 1.82) is 0 Å². The summed E-state index contributed by atoms with van der Waals surface area (Å²) < 4.78 is 27.3. The normalized spacial score (nSPS) is 19.9. The van der Waals surface area contributed by atoms with Gasteiger partial charge in [-0.25, -0.2) is 0 Å². The first-order chi connectivity index (χ1) is 17.5. The second kappa shape index (κ2) is 9.79. The fourth-order valence-electron chi connectivity index (χ4n) is 5.64. The van der Waals surface area contributed by atoms with Crippen LogP contribution in [-0.4, -0.2) is 50.4 Å². The summed E-state index contributed by atoms with van der Waals surface area (Å²) in [5, 5.41) is 3.10. The van der Waals surface area contributed by atoms with E-state index in [1.54, 1.807) is 21.3 Å². The number of methoxy groups -OCH3 is 3. The number of benzene rings is 2. The quantitative estimate of drug-likeness (QED) is 0.557. The molecule has 0 spiro atoms. The number of carbonyl (C=O) groups is 2. The number of ether oxygens (including phenoxy) is 5. The molecule has 2 fully saturated rings. The van der Waals surface area contributed by atoms with Gasteiger partial charge in [0.05, 0.1) is 33.8 Å². The Morgan fingerprint density at radius 2 is 1.69 bits per heavy atom. The summed E-state index contributed by atoms with van der Waals surface area (Å²) in [4.78, 5) is 28.7. The zero-order valence-electron chi connectivity index (χ0n) is 20.9. The van der Waals surface area contributed by atoms with Crippen LogP contribution in [0.15, 0.2) is 30.3 Å². The van der Waals surface area contributed by atoms with Crippen molar-refractivity contribution in [1.82, 2.24) is 10.2 Å². The van der Waals surface area contributed by atoms with E-state index in [2.05, 4.69) is 5.32 Å². The maximum Gasteiger partial charge on any atom is 0.246 e. The Kier molecular flexibility index (Phi) is 6.55. The first-order valence-electron chi connectivity index (χ1n) is 12.3. The number of amides is 2. The molecule has 2 heterocycles. The Morgan fingerprint density at radius 3 is 2.33 bits per heavy atom. The van der Waals surface area contributed by atoms with Crippen LogP contribution in [0.5, 0.6) is 28.7 Å². The Hall–Kier alpha value is -3.62. The zero-order chi connectivity index (χ0) is 25.3. The zero-order valence-corrected chi connectivity index (χ0v) is 20.9. The summed E-state index contributed by atoms with van der Waals surface area (Å²) in [7, 11) is 4.67. The third kappa shape index (κ3) is 4.06. The van der Waals surface area contributed by atoms with Gasteiger partial charge in [-0.3, -0.25) is 9.59 Å². The standard InChI is InChI=1S/C27H32N2O7/c1-32-22-11-17(12-23(33-2)25(22)34-3)15-28-26(31)27(9-5-4-6-10-27)29-19(14-24(29)30)18-7-8-20-21(13-18)36-16-35-20/h7-8,11-13,19H,4-6,9-10,14-16H2,1-3H3,(H,28,31). The molecule has 5 rings (SSSR count). The Labute approximate surface area is 210 Å². The third-order valence-corrected chi connectivity index (χ3v) is 7.47. The lowest BCUT2D eigenvalue weighted by Crippen LogP contribution is -2.66. The van der Waals surface area contributed by atoms with E-state index in [0.29, 0.717) is 48.0 Å². The molecule has 9 heteroatoms. The van der Waals surface area contributed by atoms with Gasteiger partial charge in [-0.15, -0.1) is 0 Å². The lowest BCUT2D eigenvalue weighted by atomic mass is 9.75. The monoisotopic (exact) mass is 496 g/mol. The van der Waals surface area contributed by atoms with Crippen molar-refractivity contribution < 1.29 is 33.3 Å². The number of nitrogens with one attached hydrogen (secondary N) is 1. The summed E-state index contributed by atoms with van der Waals surface area (Å²) in [6, 6.07) is 9.23. The summed E-state index contributed by atoms with van der Waals surface area (Å²) in [5.41, 5.74) is 0.891. The molecular weight excluding hydrogens is 464 g/mol. The molecule has 1 saturated heterocycles. The van der Waals surface area contributed by atoms with Gasteiger partial charge in [0.2, 0.25) is 24.4 Å². The van der Waals surface area contributed by atoms with Gasteiger partial charge in [-0.1, -0.05) is 25.3 Å². The fourth-order valence-corrected chi connectivity index (χ4v) is 5.64. The highest BCUT2D eigenvalue weighted by atomic mass is 16.7. The molecular formula is C27H32N2O7. The highest BCUT2D eigenvalue weighted by molar-refractivity contribution is 5.95. The Morgan fingerprint density at radius 1 is 1.00 bits per heavy atom. The molecule has 1 unspecified atom stereocenters. The second-order valence-corrected chi connectivity index (χ2v) is 9.40. The first-order valence-corrected chi connectivity index (χ1v) is 12.3. The van der Waals surface area contributed by atoms with Gasteiger partial charge in [-0.2, -0.15) is 0 Å². The smallest absolute Gasteiger partial charge is 0.246 e. The molecule has 0 bridgehead atoms. The van der Waals surface area contributed by atoms with Crippen molar-refractivity contribution in [2.24, 2.45) is 0 Å². The topological polar surface area (TPSA) is 95.6 Å². The van der Waals surface area contributed by atoms with E-state index in [4.69, 9.17) is 23.7 Å². The van der Waals surface area contributed by atoms with E-state index in [1.807, 2.05) is 35.2 Å². The molecule has 192 valence electrons. The number of likely N-dealkylation sites (tertiary alicyclic amines) is 1. The van der Waals surface area contributed by atoms with Crippen LogP contribution in [-0.2, 0) is 16.1 Å². The number of nitrogens with zero attached hydrogens (tertiary/aromatic N) is 1. The summed E-state index contributed by atoms with van der Waals surface area (Å²) >= 11 is 0. The summed E-state index contributed by atoms with van der Waals surface area (Å²) in [5.74, 6) is 2.79. The van der Waals surface area contributed by atoms with Gasteiger partial charge in [-0.05, 0) is 48.2 Å². The maximum atomic E-state index is 13.8. The number of rotatable bonds is 8. The molecule has 0 radical (unpaired) electrons. The van der Waals surface area contributed by atoms with E-state index in [1.165, 1.54) is 0 Å². The van der Waals surface area contributed by atoms with E-state index < -0.39 is 5.54 Å². The van der Waals surface area contributed by atoms with Gasteiger partial charge in [0.25, 0.3) is 0 Å². The molecule has 1 N–H and O–H groups in total. The van der Waals surface area contributed by atoms with Crippen molar-refractivity contribution in [3.8, 4) is 28.7 Å². The van der Waals surface area contributed by atoms with Crippen molar-refractivity contribution in [3.63, 3.8) is 0 Å². The molecule has 36 heavy (non-hydrogen) atoms. The minimum absolute atomic E-state index is 0.00232. The molecule has 9 nitrogen and oxygen atoms in total. The van der Waals surface area contributed by atoms with Crippen LogP contribution in [0.1, 0.15) is 55.7 Å². The fraction of sp³-hybridized carbons (Fsp3) is 0.481. The lowest BCUT2D eigenvalue weighted by Gasteiger charge is -2.54. The Balaban J connectivity index is 1.39. The molecule has 1 saturated carbocycles. The Bertz CT molecular complexity index is 1130. The SMILES string of the molecule is COc1cc(CNC(=O)C2(N3C(=O)CC3c3ccc4c(c3)OCO4)CCCCC2)cc(OC)c1OC. The predicted molar refractivity (Wildman–Crippen MR) is 131 cm³/mol. The predicted octanol–water partition coefficient (Wildman–Crippen LogP) is 3.73. The van der Waals surface area contributed by atoms with Crippen LogP contribution in [0.25, 0.3) is 0 Å². The van der Waals surface area contributed by atoms with E-state index in [9.17, 15) is 9.59 Å². The largest absolute Gasteiger partial charge is 0.493 e. The highest BCUT2D eigenvalue weighted by Crippen LogP contribution is 2.48. The molecule has 0 aromatic heterocycles. The number of hydrogen-bond acceptors (Lipinski definition) is 7. The molecule has 2 aromatic rings. The van der Waals surface area contributed by atoms with Gasteiger partial charge in [0, 0.05) is 6.54 Å². The molecule has 3 aliphatic rings. The van der Waals surface area contributed by atoms with Gasteiger partial charge in [0.1, 0.15) is 5.54 Å². The number of β-lactam (4-membered cyclic amide) rings is 1. The number of carbonyl (C=O) groups excluding carboxylic acids is 2. The minimum Gasteiger partial charge on any atom is -0.493 e. The lowest BCUT2D eigenvalue weighted by molar-refractivity contribution is -0.168. The maximum absolute atomic E-state index is 13.8. The van der Waals surface area contributed by atoms with Gasteiger partial charge in [0.15, 0.2) is 23.0 Å². The van der Waals surface area contributed by atoms with Crippen molar-refractivity contribution >= 4 is 11.8 Å².